The number of carbonyl (C=O) groups is 1. The van der Waals surface area contributed by atoms with E-state index < -0.39 is 5.97 Å². The number of hydrogen-bond donors (Lipinski definition) is 1. The molecule has 0 aromatic carbocycles. The van der Waals surface area contributed by atoms with Crippen LogP contribution in [0.5, 0.6) is 0 Å². The number of nitrogens with zero attached hydrogens (tertiary/aromatic N) is 2. The molecule has 0 atom stereocenters. The van der Waals surface area contributed by atoms with E-state index in [-0.39, 0.29) is 5.69 Å². The number of aromatic nitrogens is 2. The fourth-order valence-corrected chi connectivity index (χ4v) is 1.51. The molecule has 0 unspecified atom stereocenters. The molecule has 0 fully saturated rings. The van der Waals surface area contributed by atoms with Crippen molar-refractivity contribution in [3.8, 4) is 0 Å². The zero-order chi connectivity index (χ0) is 13.5. The summed E-state index contributed by atoms with van der Waals surface area (Å²) in [6.07, 6.45) is 5.62. The van der Waals surface area contributed by atoms with Crippen LogP contribution in [0.1, 0.15) is 23.0 Å². The van der Waals surface area contributed by atoms with Gasteiger partial charge in [-0.3, -0.25) is 4.98 Å². The fraction of sp³-hybridized carbons (Fsp3) is 0.308. The first-order valence-electron chi connectivity index (χ1n) is 6.05. The maximum absolute atomic E-state index is 11.4. The SMILES string of the molecule is CCOC(=O)c1coc(NCCc2cccnc2)n1. The van der Waals surface area contributed by atoms with Crippen LogP contribution < -0.4 is 5.32 Å². The Kier molecular flexibility index (Phi) is 4.49. The van der Waals surface area contributed by atoms with Gasteiger partial charge in [-0.15, -0.1) is 0 Å². The van der Waals surface area contributed by atoms with Gasteiger partial charge >= 0.3 is 5.97 Å². The Hall–Kier alpha value is -2.37. The Morgan fingerprint density at radius 3 is 3.16 bits per heavy atom. The summed E-state index contributed by atoms with van der Waals surface area (Å²) in [6, 6.07) is 4.19. The summed E-state index contributed by atoms with van der Waals surface area (Å²) >= 11 is 0. The minimum absolute atomic E-state index is 0.172. The smallest absolute Gasteiger partial charge is 0.360 e. The van der Waals surface area contributed by atoms with Crippen molar-refractivity contribution in [2.24, 2.45) is 0 Å². The molecule has 0 aliphatic rings. The van der Waals surface area contributed by atoms with E-state index in [2.05, 4.69) is 15.3 Å². The van der Waals surface area contributed by atoms with Gasteiger partial charge < -0.3 is 14.5 Å². The van der Waals surface area contributed by atoms with E-state index in [1.807, 2.05) is 12.1 Å². The van der Waals surface area contributed by atoms with Crippen LogP contribution in [-0.2, 0) is 11.2 Å². The molecule has 2 heterocycles. The van der Waals surface area contributed by atoms with Crippen LogP contribution in [0.25, 0.3) is 0 Å². The van der Waals surface area contributed by atoms with Crippen molar-refractivity contribution in [1.29, 1.82) is 0 Å². The molecule has 6 nitrogen and oxygen atoms in total. The highest BCUT2D eigenvalue weighted by atomic mass is 16.5. The Labute approximate surface area is 110 Å². The van der Waals surface area contributed by atoms with Crippen LogP contribution in [0.4, 0.5) is 6.01 Å². The lowest BCUT2D eigenvalue weighted by Crippen LogP contribution is -2.07. The maximum Gasteiger partial charge on any atom is 0.360 e. The summed E-state index contributed by atoms with van der Waals surface area (Å²) in [5.74, 6) is -0.480. The van der Waals surface area contributed by atoms with Gasteiger partial charge in [-0.2, -0.15) is 4.98 Å². The van der Waals surface area contributed by atoms with Crippen LogP contribution in [0.3, 0.4) is 0 Å². The first-order chi connectivity index (χ1) is 9.29. The highest BCUT2D eigenvalue weighted by Gasteiger charge is 2.12. The molecule has 0 aliphatic heterocycles. The van der Waals surface area contributed by atoms with Gasteiger partial charge in [0.05, 0.1) is 6.61 Å². The summed E-state index contributed by atoms with van der Waals surface area (Å²) in [7, 11) is 0. The number of hydrogen-bond acceptors (Lipinski definition) is 6. The number of carbonyl (C=O) groups excluding carboxylic acids is 1. The molecule has 6 heteroatoms. The summed E-state index contributed by atoms with van der Waals surface area (Å²) in [5.41, 5.74) is 1.29. The van der Waals surface area contributed by atoms with E-state index in [0.717, 1.165) is 12.0 Å². The van der Waals surface area contributed by atoms with E-state index in [4.69, 9.17) is 9.15 Å². The van der Waals surface area contributed by atoms with Crippen LogP contribution in [-0.4, -0.2) is 29.1 Å². The van der Waals surface area contributed by atoms with Crippen molar-refractivity contribution < 1.29 is 13.9 Å². The number of ether oxygens (including phenoxy) is 1. The fourth-order valence-electron chi connectivity index (χ4n) is 1.51. The molecule has 0 saturated heterocycles. The minimum Gasteiger partial charge on any atom is -0.461 e. The lowest BCUT2D eigenvalue weighted by molar-refractivity contribution is 0.0519. The molecule has 1 N–H and O–H groups in total. The monoisotopic (exact) mass is 261 g/mol. The Morgan fingerprint density at radius 1 is 1.53 bits per heavy atom. The number of oxazole rings is 1. The van der Waals surface area contributed by atoms with E-state index >= 15 is 0 Å². The zero-order valence-corrected chi connectivity index (χ0v) is 10.6. The molecule has 0 saturated carbocycles. The molecule has 0 spiro atoms. The van der Waals surface area contributed by atoms with Crippen LogP contribution in [0.2, 0.25) is 0 Å². The quantitative estimate of drug-likeness (QED) is 0.800. The Morgan fingerprint density at radius 2 is 2.42 bits per heavy atom. The number of esters is 1. The summed E-state index contributed by atoms with van der Waals surface area (Å²) in [5, 5.41) is 3.00. The summed E-state index contributed by atoms with van der Waals surface area (Å²) in [4.78, 5) is 19.4. The standard InChI is InChI=1S/C13H15N3O3/c1-2-18-12(17)11-9-19-13(16-11)15-7-5-10-4-3-6-14-8-10/h3-4,6,8-9H,2,5,7H2,1H3,(H,15,16). The number of pyridine rings is 1. The van der Waals surface area contributed by atoms with Crippen molar-refractivity contribution >= 4 is 12.0 Å². The molecule has 2 aromatic heterocycles. The number of nitrogens with one attached hydrogen (secondary N) is 1. The van der Waals surface area contributed by atoms with Crippen molar-refractivity contribution in [3.63, 3.8) is 0 Å². The Bertz CT molecular complexity index is 525. The predicted molar refractivity (Wildman–Crippen MR) is 68.9 cm³/mol. The largest absolute Gasteiger partial charge is 0.461 e. The van der Waals surface area contributed by atoms with Gasteiger partial charge in [0.1, 0.15) is 6.26 Å². The van der Waals surface area contributed by atoms with Gasteiger partial charge in [0.2, 0.25) is 0 Å². The second kappa shape index (κ2) is 6.53. The predicted octanol–water partition coefficient (Wildman–Crippen LogP) is 1.90. The molecule has 0 bridgehead atoms. The van der Waals surface area contributed by atoms with Crippen LogP contribution in [0, 0.1) is 0 Å². The van der Waals surface area contributed by atoms with Crippen LogP contribution >= 0.6 is 0 Å². The molecule has 0 amide bonds. The Balaban J connectivity index is 1.82. The van der Waals surface area contributed by atoms with Crippen molar-refractivity contribution in [2.75, 3.05) is 18.5 Å². The molecule has 100 valence electrons. The first-order valence-corrected chi connectivity index (χ1v) is 6.05. The van der Waals surface area contributed by atoms with Crippen LogP contribution in [0.15, 0.2) is 35.2 Å². The normalized spacial score (nSPS) is 10.2. The van der Waals surface area contributed by atoms with Gasteiger partial charge in [0, 0.05) is 18.9 Å². The van der Waals surface area contributed by atoms with Gasteiger partial charge in [-0.1, -0.05) is 6.07 Å². The molecular weight excluding hydrogens is 246 g/mol. The van der Waals surface area contributed by atoms with E-state index in [9.17, 15) is 4.79 Å². The lowest BCUT2D eigenvalue weighted by atomic mass is 10.2. The first kappa shape index (κ1) is 13.1. The molecule has 0 aliphatic carbocycles. The molecule has 19 heavy (non-hydrogen) atoms. The third-order valence-corrected chi connectivity index (χ3v) is 2.40. The number of anilines is 1. The van der Waals surface area contributed by atoms with Gasteiger partial charge in [0.25, 0.3) is 6.01 Å². The average Bonchev–Trinajstić information content (AvgIpc) is 2.89. The van der Waals surface area contributed by atoms with Crippen molar-refractivity contribution in [3.05, 3.63) is 42.0 Å². The summed E-state index contributed by atoms with van der Waals surface area (Å²) in [6.45, 7) is 2.70. The van der Waals surface area contributed by atoms with Gasteiger partial charge in [-0.25, -0.2) is 4.79 Å². The maximum atomic E-state index is 11.4. The summed E-state index contributed by atoms with van der Waals surface area (Å²) < 4.78 is 9.95. The third kappa shape index (κ3) is 3.80. The number of rotatable bonds is 6. The highest BCUT2D eigenvalue weighted by molar-refractivity contribution is 5.87. The molecule has 2 aromatic rings. The van der Waals surface area contributed by atoms with E-state index in [0.29, 0.717) is 19.2 Å². The van der Waals surface area contributed by atoms with E-state index in [1.165, 1.54) is 6.26 Å². The third-order valence-electron chi connectivity index (χ3n) is 2.40. The van der Waals surface area contributed by atoms with Gasteiger partial charge in [0.15, 0.2) is 5.69 Å². The van der Waals surface area contributed by atoms with Crippen molar-refractivity contribution in [2.45, 2.75) is 13.3 Å². The second-order valence-corrected chi connectivity index (χ2v) is 3.80. The lowest BCUT2D eigenvalue weighted by Gasteiger charge is -2.01. The van der Waals surface area contributed by atoms with Gasteiger partial charge in [-0.05, 0) is 25.0 Å². The molecule has 2 rings (SSSR count). The average molecular weight is 261 g/mol. The van der Waals surface area contributed by atoms with E-state index in [1.54, 1.807) is 19.3 Å². The molecular formula is C13H15N3O3. The molecule has 0 radical (unpaired) electrons. The zero-order valence-electron chi connectivity index (χ0n) is 10.6. The minimum atomic E-state index is -0.480. The van der Waals surface area contributed by atoms with Crippen molar-refractivity contribution in [1.82, 2.24) is 9.97 Å². The highest BCUT2D eigenvalue weighted by Crippen LogP contribution is 2.09. The topological polar surface area (TPSA) is 77.2 Å². The second-order valence-electron chi connectivity index (χ2n) is 3.80.